The minimum absolute atomic E-state index is 0.260. The number of ketones is 1. The zero-order chi connectivity index (χ0) is 12.4. The molecule has 0 amide bonds. The lowest BCUT2D eigenvalue weighted by molar-refractivity contribution is -0.122. The van der Waals surface area contributed by atoms with E-state index in [9.17, 15) is 4.79 Å². The van der Waals surface area contributed by atoms with Crippen LogP contribution in [-0.4, -0.2) is 33.3 Å². The first kappa shape index (κ1) is 12.6. The predicted molar refractivity (Wildman–Crippen MR) is 66.9 cm³/mol. The first-order chi connectivity index (χ1) is 8.08. The van der Waals surface area contributed by atoms with E-state index in [4.69, 9.17) is 11.6 Å². The maximum atomic E-state index is 11.3. The number of Topliss-reactive ketones (excluding diaryl/α,β-unsaturated/α-hetero) is 1. The lowest BCUT2D eigenvalue weighted by Crippen LogP contribution is -2.35. The Kier molecular flexibility index (Phi) is 3.84. The number of carbonyl (C=O) groups excluding carboxylic acids is 1. The van der Waals surface area contributed by atoms with Crippen LogP contribution in [-0.2, 0) is 18.4 Å². The van der Waals surface area contributed by atoms with E-state index in [-0.39, 0.29) is 5.92 Å². The first-order valence-corrected chi connectivity index (χ1v) is 6.34. The second kappa shape index (κ2) is 5.19. The number of nitrogens with zero attached hydrogens (tertiary/aromatic N) is 3. The van der Waals surface area contributed by atoms with E-state index in [0.717, 1.165) is 38.3 Å². The standard InChI is InChI=1S/C12H18ClN3O/c1-9(17)10-3-5-16(6-4-10)8-12-14-7-11(13)15(12)2/h7,10H,3-6,8H2,1-2H3. The van der Waals surface area contributed by atoms with Crippen LogP contribution in [0.15, 0.2) is 6.20 Å². The molecule has 1 aromatic rings. The van der Waals surface area contributed by atoms with Gasteiger partial charge in [-0.1, -0.05) is 11.6 Å². The fraction of sp³-hybridized carbons (Fsp3) is 0.667. The molecule has 0 spiro atoms. The molecule has 4 nitrogen and oxygen atoms in total. The van der Waals surface area contributed by atoms with Crippen molar-refractivity contribution in [2.75, 3.05) is 13.1 Å². The normalized spacial score (nSPS) is 18.5. The summed E-state index contributed by atoms with van der Waals surface area (Å²) in [5, 5.41) is 0.665. The predicted octanol–water partition coefficient (Wildman–Crippen LogP) is 1.87. The Balaban J connectivity index is 1.90. The van der Waals surface area contributed by atoms with Gasteiger partial charge < -0.3 is 4.57 Å². The number of halogens is 1. The maximum Gasteiger partial charge on any atom is 0.133 e. The van der Waals surface area contributed by atoms with E-state index < -0.39 is 0 Å². The smallest absolute Gasteiger partial charge is 0.133 e. The van der Waals surface area contributed by atoms with Gasteiger partial charge in [-0.05, 0) is 32.9 Å². The van der Waals surface area contributed by atoms with E-state index in [2.05, 4.69) is 9.88 Å². The van der Waals surface area contributed by atoms with Gasteiger partial charge in [-0.15, -0.1) is 0 Å². The Labute approximate surface area is 107 Å². The van der Waals surface area contributed by atoms with Crippen LogP contribution < -0.4 is 0 Å². The summed E-state index contributed by atoms with van der Waals surface area (Å²) in [6.07, 6.45) is 3.61. The van der Waals surface area contributed by atoms with Gasteiger partial charge in [0.1, 0.15) is 16.8 Å². The molecule has 0 atom stereocenters. The molecule has 0 radical (unpaired) electrons. The van der Waals surface area contributed by atoms with Gasteiger partial charge in [0.2, 0.25) is 0 Å². The highest BCUT2D eigenvalue weighted by atomic mass is 35.5. The molecule has 0 saturated carbocycles. The highest BCUT2D eigenvalue weighted by molar-refractivity contribution is 6.29. The van der Waals surface area contributed by atoms with Gasteiger partial charge in [-0.3, -0.25) is 9.69 Å². The van der Waals surface area contributed by atoms with Gasteiger partial charge >= 0.3 is 0 Å². The molecule has 2 rings (SSSR count). The molecule has 1 aromatic heterocycles. The monoisotopic (exact) mass is 255 g/mol. The largest absolute Gasteiger partial charge is 0.321 e. The average Bonchev–Trinajstić information content (AvgIpc) is 2.62. The fourth-order valence-corrected chi connectivity index (χ4v) is 2.42. The lowest BCUT2D eigenvalue weighted by atomic mass is 9.93. The van der Waals surface area contributed by atoms with Crippen LogP contribution in [0.3, 0.4) is 0 Å². The van der Waals surface area contributed by atoms with Gasteiger partial charge in [-0.25, -0.2) is 4.98 Å². The Bertz CT molecular complexity index is 408. The van der Waals surface area contributed by atoms with E-state index in [1.54, 1.807) is 13.1 Å². The van der Waals surface area contributed by atoms with Crippen LogP contribution in [0.4, 0.5) is 0 Å². The van der Waals surface area contributed by atoms with Gasteiger partial charge in [0.05, 0.1) is 12.7 Å². The van der Waals surface area contributed by atoms with Crippen LogP contribution in [0.25, 0.3) is 0 Å². The molecule has 17 heavy (non-hydrogen) atoms. The molecular formula is C12H18ClN3O. The second-order valence-electron chi connectivity index (χ2n) is 4.72. The van der Waals surface area contributed by atoms with Gasteiger partial charge in [0.15, 0.2) is 0 Å². The summed E-state index contributed by atoms with van der Waals surface area (Å²) in [4.78, 5) is 17.9. The maximum absolute atomic E-state index is 11.3. The van der Waals surface area contributed by atoms with Gasteiger partial charge in [0, 0.05) is 13.0 Å². The Morgan fingerprint density at radius 1 is 1.53 bits per heavy atom. The van der Waals surface area contributed by atoms with Gasteiger partial charge in [0.25, 0.3) is 0 Å². The third-order valence-corrected chi connectivity index (χ3v) is 3.91. The molecule has 0 bridgehead atoms. The Hall–Kier alpha value is -0.870. The van der Waals surface area contributed by atoms with Crippen LogP contribution in [0.1, 0.15) is 25.6 Å². The molecule has 1 aliphatic heterocycles. The lowest BCUT2D eigenvalue weighted by Gasteiger charge is -2.30. The molecule has 0 N–H and O–H groups in total. The van der Waals surface area contributed by atoms with Crippen molar-refractivity contribution in [1.82, 2.24) is 14.5 Å². The number of aromatic nitrogens is 2. The number of hydrogen-bond acceptors (Lipinski definition) is 3. The molecule has 5 heteroatoms. The number of hydrogen-bond donors (Lipinski definition) is 0. The van der Waals surface area contributed by atoms with E-state index in [1.165, 1.54) is 0 Å². The summed E-state index contributed by atoms with van der Waals surface area (Å²) in [5.74, 6) is 1.57. The first-order valence-electron chi connectivity index (χ1n) is 5.97. The van der Waals surface area contributed by atoms with Crippen molar-refractivity contribution in [2.24, 2.45) is 13.0 Å². The SMILES string of the molecule is CC(=O)C1CCN(Cc2ncc(Cl)n2C)CC1. The quantitative estimate of drug-likeness (QED) is 0.828. The molecule has 0 unspecified atom stereocenters. The van der Waals surface area contributed by atoms with Crippen LogP contribution in [0, 0.1) is 5.92 Å². The summed E-state index contributed by atoms with van der Waals surface area (Å²) in [6, 6.07) is 0. The summed E-state index contributed by atoms with van der Waals surface area (Å²) in [7, 11) is 1.92. The zero-order valence-corrected chi connectivity index (χ0v) is 11.1. The third-order valence-electron chi connectivity index (χ3n) is 3.56. The van der Waals surface area contributed by atoms with Crippen molar-refractivity contribution >= 4 is 17.4 Å². The van der Waals surface area contributed by atoms with Crippen LogP contribution >= 0.6 is 11.6 Å². The molecular weight excluding hydrogens is 238 g/mol. The number of piperidine rings is 1. The molecule has 1 saturated heterocycles. The molecule has 1 aliphatic rings. The number of likely N-dealkylation sites (tertiary alicyclic amines) is 1. The summed E-state index contributed by atoms with van der Waals surface area (Å²) in [5.41, 5.74) is 0. The van der Waals surface area contributed by atoms with Crippen molar-refractivity contribution in [2.45, 2.75) is 26.3 Å². The third kappa shape index (κ3) is 2.87. The topological polar surface area (TPSA) is 38.1 Å². The number of rotatable bonds is 3. The highest BCUT2D eigenvalue weighted by Gasteiger charge is 2.23. The fourth-order valence-electron chi connectivity index (χ4n) is 2.27. The minimum Gasteiger partial charge on any atom is -0.321 e. The Morgan fingerprint density at radius 2 is 2.18 bits per heavy atom. The van der Waals surface area contributed by atoms with Crippen LogP contribution in [0.2, 0.25) is 5.15 Å². The molecule has 94 valence electrons. The Morgan fingerprint density at radius 3 is 2.65 bits per heavy atom. The van der Waals surface area contributed by atoms with E-state index in [0.29, 0.717) is 10.9 Å². The van der Waals surface area contributed by atoms with Crippen molar-refractivity contribution < 1.29 is 4.79 Å². The summed E-state index contributed by atoms with van der Waals surface area (Å²) >= 11 is 5.95. The number of imidazole rings is 1. The molecule has 0 aromatic carbocycles. The molecule has 2 heterocycles. The molecule has 0 aliphatic carbocycles. The van der Waals surface area contributed by atoms with Crippen molar-refractivity contribution in [3.05, 3.63) is 17.2 Å². The summed E-state index contributed by atoms with van der Waals surface area (Å²) in [6.45, 7) is 4.44. The second-order valence-corrected chi connectivity index (χ2v) is 5.10. The summed E-state index contributed by atoms with van der Waals surface area (Å²) < 4.78 is 1.90. The van der Waals surface area contributed by atoms with E-state index in [1.807, 2.05) is 11.6 Å². The highest BCUT2D eigenvalue weighted by Crippen LogP contribution is 2.20. The van der Waals surface area contributed by atoms with Crippen LogP contribution in [0.5, 0.6) is 0 Å². The van der Waals surface area contributed by atoms with E-state index >= 15 is 0 Å². The van der Waals surface area contributed by atoms with Crippen molar-refractivity contribution in [3.63, 3.8) is 0 Å². The zero-order valence-electron chi connectivity index (χ0n) is 10.3. The minimum atomic E-state index is 0.260. The van der Waals surface area contributed by atoms with Crippen molar-refractivity contribution in [1.29, 1.82) is 0 Å². The molecule has 1 fully saturated rings. The van der Waals surface area contributed by atoms with Gasteiger partial charge in [-0.2, -0.15) is 0 Å². The number of carbonyl (C=O) groups is 1. The average molecular weight is 256 g/mol. The van der Waals surface area contributed by atoms with Crippen molar-refractivity contribution in [3.8, 4) is 0 Å².